The summed E-state index contributed by atoms with van der Waals surface area (Å²) in [5, 5.41) is 12.1. The Labute approximate surface area is 183 Å². The van der Waals surface area contributed by atoms with Crippen LogP contribution in [-0.4, -0.2) is 21.9 Å². The molecule has 0 aliphatic heterocycles. The van der Waals surface area contributed by atoms with E-state index in [2.05, 4.69) is 15.5 Å². The third-order valence-electron chi connectivity index (χ3n) is 4.29. The zero-order valence-corrected chi connectivity index (χ0v) is 17.2. The van der Waals surface area contributed by atoms with Gasteiger partial charge in [-0.05, 0) is 41.1 Å². The van der Waals surface area contributed by atoms with E-state index < -0.39 is 22.7 Å². The summed E-state index contributed by atoms with van der Waals surface area (Å²) in [4.78, 5) is 12.1. The number of nitrogens with zero attached hydrogens (tertiary/aromatic N) is 2. The van der Waals surface area contributed by atoms with Crippen molar-refractivity contribution in [2.24, 2.45) is 0 Å². The van der Waals surface area contributed by atoms with Crippen LogP contribution in [0.25, 0.3) is 22.2 Å². The fourth-order valence-electron chi connectivity index (χ4n) is 2.85. The van der Waals surface area contributed by atoms with E-state index in [4.69, 9.17) is 16.0 Å². The summed E-state index contributed by atoms with van der Waals surface area (Å²) >= 11 is 6.56. The zero-order chi connectivity index (χ0) is 22.0. The molecule has 0 aliphatic rings. The lowest BCUT2D eigenvalue weighted by molar-refractivity contribution is -0.137. The van der Waals surface area contributed by atoms with Gasteiger partial charge in [0.1, 0.15) is 0 Å². The second-order valence-electron chi connectivity index (χ2n) is 6.46. The number of amides is 1. The molecule has 1 aromatic heterocycles. The molecule has 0 unspecified atom stereocenters. The second-order valence-corrected chi connectivity index (χ2v) is 7.80. The van der Waals surface area contributed by atoms with E-state index in [0.717, 1.165) is 40.2 Å². The minimum absolute atomic E-state index is 0.00953. The number of fused-ring (bicyclic) bond motifs is 1. The smallest absolute Gasteiger partial charge is 0.411 e. The van der Waals surface area contributed by atoms with E-state index in [1.165, 1.54) is 6.07 Å². The number of thioether (sulfide) groups is 1. The van der Waals surface area contributed by atoms with Gasteiger partial charge in [0.25, 0.3) is 5.22 Å². The van der Waals surface area contributed by atoms with Crippen molar-refractivity contribution in [3.05, 3.63) is 71.2 Å². The first-order valence-electron chi connectivity index (χ1n) is 8.92. The number of rotatable bonds is 5. The normalized spacial score (nSPS) is 11.6. The fraction of sp³-hybridized carbons (Fsp3) is 0.0952. The zero-order valence-electron chi connectivity index (χ0n) is 15.6. The average molecular weight is 464 g/mol. The minimum Gasteiger partial charge on any atom is -0.411 e. The van der Waals surface area contributed by atoms with E-state index in [-0.39, 0.29) is 16.7 Å². The number of nitrogens with one attached hydrogen (secondary N) is 1. The van der Waals surface area contributed by atoms with Gasteiger partial charge in [0.2, 0.25) is 11.8 Å². The monoisotopic (exact) mass is 463 g/mol. The Morgan fingerprint density at radius 3 is 2.58 bits per heavy atom. The van der Waals surface area contributed by atoms with Gasteiger partial charge >= 0.3 is 6.18 Å². The fourth-order valence-corrected chi connectivity index (χ4v) is 3.64. The molecule has 10 heteroatoms. The molecule has 4 aromatic rings. The maximum atomic E-state index is 12.9. The van der Waals surface area contributed by atoms with Crippen LogP contribution in [0.5, 0.6) is 0 Å². The van der Waals surface area contributed by atoms with Crippen molar-refractivity contribution >= 4 is 45.7 Å². The molecule has 0 bridgehead atoms. The molecule has 1 amide bonds. The van der Waals surface area contributed by atoms with Crippen molar-refractivity contribution in [2.45, 2.75) is 11.4 Å². The number of benzene rings is 3. The maximum absolute atomic E-state index is 12.9. The minimum atomic E-state index is -4.62. The van der Waals surface area contributed by atoms with Crippen molar-refractivity contribution in [2.75, 3.05) is 11.1 Å². The van der Waals surface area contributed by atoms with Gasteiger partial charge in [-0.1, -0.05) is 53.7 Å². The number of hydrogen-bond acceptors (Lipinski definition) is 5. The summed E-state index contributed by atoms with van der Waals surface area (Å²) in [5.74, 6) is -0.337. The molecule has 0 spiro atoms. The Bertz CT molecular complexity index is 1260. The van der Waals surface area contributed by atoms with Crippen LogP contribution in [0.3, 0.4) is 0 Å². The molecular weight excluding hydrogens is 451 g/mol. The van der Waals surface area contributed by atoms with E-state index in [9.17, 15) is 18.0 Å². The number of aromatic nitrogens is 2. The van der Waals surface area contributed by atoms with Crippen LogP contribution in [0, 0.1) is 0 Å². The van der Waals surface area contributed by atoms with Crippen molar-refractivity contribution in [3.8, 4) is 11.5 Å². The van der Waals surface area contributed by atoms with Crippen LogP contribution in [0.2, 0.25) is 5.02 Å². The second kappa shape index (κ2) is 8.60. The molecule has 158 valence electrons. The van der Waals surface area contributed by atoms with Gasteiger partial charge in [-0.2, -0.15) is 13.2 Å². The molecule has 0 aliphatic carbocycles. The summed E-state index contributed by atoms with van der Waals surface area (Å²) in [6, 6.07) is 16.7. The van der Waals surface area contributed by atoms with E-state index >= 15 is 0 Å². The lowest BCUT2D eigenvalue weighted by Crippen LogP contribution is -2.15. The van der Waals surface area contributed by atoms with Crippen LogP contribution in [0.1, 0.15) is 5.56 Å². The maximum Gasteiger partial charge on any atom is 0.417 e. The summed E-state index contributed by atoms with van der Waals surface area (Å²) < 4.78 is 44.4. The van der Waals surface area contributed by atoms with Gasteiger partial charge in [0.05, 0.1) is 16.3 Å². The third-order valence-corrected chi connectivity index (χ3v) is 5.43. The first-order chi connectivity index (χ1) is 14.8. The Morgan fingerprint density at radius 1 is 1.03 bits per heavy atom. The quantitative estimate of drug-likeness (QED) is 0.352. The SMILES string of the molecule is O=C(CSc1nnc(-c2ccc3ccccc3c2)o1)Nc1ccc(Cl)c(C(F)(F)F)c1. The van der Waals surface area contributed by atoms with Gasteiger partial charge in [-0.3, -0.25) is 4.79 Å². The number of halogens is 4. The summed E-state index contributed by atoms with van der Waals surface area (Å²) in [6.45, 7) is 0. The molecule has 0 atom stereocenters. The van der Waals surface area contributed by atoms with Crippen LogP contribution in [0.4, 0.5) is 18.9 Å². The van der Waals surface area contributed by atoms with E-state index in [1.807, 2.05) is 42.5 Å². The molecule has 31 heavy (non-hydrogen) atoms. The van der Waals surface area contributed by atoms with Crippen molar-refractivity contribution in [1.29, 1.82) is 0 Å². The molecule has 0 saturated carbocycles. The van der Waals surface area contributed by atoms with Crippen molar-refractivity contribution in [1.82, 2.24) is 10.2 Å². The van der Waals surface area contributed by atoms with Gasteiger partial charge in [0.15, 0.2) is 0 Å². The Kier molecular flexibility index (Phi) is 5.88. The first kappa shape index (κ1) is 21.2. The Balaban J connectivity index is 1.40. The predicted octanol–water partition coefficient (Wildman–Crippen LogP) is 6.29. The molecule has 0 radical (unpaired) electrons. The Hall–Kier alpha value is -3.04. The van der Waals surface area contributed by atoms with Gasteiger partial charge in [-0.15, -0.1) is 10.2 Å². The summed E-state index contributed by atoms with van der Waals surface area (Å²) in [7, 11) is 0. The molecule has 5 nitrogen and oxygen atoms in total. The summed E-state index contributed by atoms with van der Waals surface area (Å²) in [5.41, 5.74) is -0.287. The molecule has 1 N–H and O–H groups in total. The van der Waals surface area contributed by atoms with Crippen molar-refractivity contribution < 1.29 is 22.4 Å². The first-order valence-corrected chi connectivity index (χ1v) is 10.3. The molecule has 4 rings (SSSR count). The number of hydrogen-bond donors (Lipinski definition) is 1. The third kappa shape index (κ3) is 5.00. The largest absolute Gasteiger partial charge is 0.417 e. The van der Waals surface area contributed by atoms with E-state index in [0.29, 0.717) is 5.89 Å². The van der Waals surface area contributed by atoms with Crippen LogP contribution < -0.4 is 5.32 Å². The highest BCUT2D eigenvalue weighted by molar-refractivity contribution is 7.99. The molecule has 1 heterocycles. The average Bonchev–Trinajstić information content (AvgIpc) is 3.22. The topological polar surface area (TPSA) is 68.0 Å². The van der Waals surface area contributed by atoms with Crippen LogP contribution in [0.15, 0.2) is 70.3 Å². The standard InChI is InChI=1S/C21H13ClF3N3O2S/c22-17-8-7-15(10-16(17)21(23,24)25)26-18(29)11-31-20-28-27-19(30-20)14-6-5-12-3-1-2-4-13(12)9-14/h1-10H,11H2,(H,26,29). The molecular formula is C21H13ClF3N3O2S. The highest BCUT2D eigenvalue weighted by Crippen LogP contribution is 2.36. The van der Waals surface area contributed by atoms with Crippen molar-refractivity contribution in [3.63, 3.8) is 0 Å². The van der Waals surface area contributed by atoms with Crippen LogP contribution >= 0.6 is 23.4 Å². The number of anilines is 1. The van der Waals surface area contributed by atoms with Gasteiger partial charge in [0, 0.05) is 11.3 Å². The predicted molar refractivity (Wildman–Crippen MR) is 113 cm³/mol. The van der Waals surface area contributed by atoms with Crippen LogP contribution in [-0.2, 0) is 11.0 Å². The molecule has 3 aromatic carbocycles. The number of alkyl halides is 3. The van der Waals surface area contributed by atoms with Gasteiger partial charge < -0.3 is 9.73 Å². The highest BCUT2D eigenvalue weighted by atomic mass is 35.5. The van der Waals surface area contributed by atoms with Gasteiger partial charge in [-0.25, -0.2) is 0 Å². The lowest BCUT2D eigenvalue weighted by atomic mass is 10.1. The number of carbonyl (C=O) groups excluding carboxylic acids is 1. The summed E-state index contributed by atoms with van der Waals surface area (Å²) in [6.07, 6.45) is -4.62. The Morgan fingerprint density at radius 2 is 1.81 bits per heavy atom. The highest BCUT2D eigenvalue weighted by Gasteiger charge is 2.33. The lowest BCUT2D eigenvalue weighted by Gasteiger charge is -2.11. The van der Waals surface area contributed by atoms with E-state index in [1.54, 1.807) is 0 Å². The molecule has 0 fully saturated rings. The number of carbonyl (C=O) groups is 1. The molecule has 0 saturated heterocycles.